The van der Waals surface area contributed by atoms with E-state index in [2.05, 4.69) is 20.8 Å². The first-order valence-corrected chi connectivity index (χ1v) is 4.78. The standard InChI is InChI=1S/C8H13N5O3/c1-4-16-8(15)6-10-11-12-13(6)5(2)7(14)9-3/h5H,4H2,1-3H3,(H,9,14). The molecule has 0 fully saturated rings. The largest absolute Gasteiger partial charge is 0.460 e. The van der Waals surface area contributed by atoms with Crippen LogP contribution in [0.2, 0.25) is 0 Å². The first kappa shape index (κ1) is 12.1. The Kier molecular flexibility index (Phi) is 3.92. The average molecular weight is 227 g/mol. The third kappa shape index (κ3) is 2.33. The molecule has 1 rings (SSSR count). The van der Waals surface area contributed by atoms with Crippen molar-refractivity contribution in [3.8, 4) is 0 Å². The summed E-state index contributed by atoms with van der Waals surface area (Å²) in [6, 6.07) is -0.667. The number of nitrogens with zero attached hydrogens (tertiary/aromatic N) is 4. The fourth-order valence-corrected chi connectivity index (χ4v) is 1.10. The van der Waals surface area contributed by atoms with E-state index in [-0.39, 0.29) is 18.3 Å². The van der Waals surface area contributed by atoms with Gasteiger partial charge in [0, 0.05) is 7.05 Å². The van der Waals surface area contributed by atoms with E-state index in [1.807, 2.05) is 0 Å². The molecule has 8 nitrogen and oxygen atoms in total. The van der Waals surface area contributed by atoms with Crippen molar-refractivity contribution < 1.29 is 14.3 Å². The number of aromatic nitrogens is 4. The molecule has 0 bridgehead atoms. The summed E-state index contributed by atoms with van der Waals surface area (Å²) in [6.07, 6.45) is 0. The summed E-state index contributed by atoms with van der Waals surface area (Å²) in [5.41, 5.74) is 0. The molecule has 1 atom stereocenters. The van der Waals surface area contributed by atoms with Crippen molar-refractivity contribution in [3.05, 3.63) is 5.82 Å². The highest BCUT2D eigenvalue weighted by Gasteiger charge is 2.24. The number of rotatable bonds is 4. The lowest BCUT2D eigenvalue weighted by Crippen LogP contribution is -2.30. The number of nitrogens with one attached hydrogen (secondary N) is 1. The zero-order valence-corrected chi connectivity index (χ0v) is 9.30. The molecule has 8 heteroatoms. The van der Waals surface area contributed by atoms with Crippen LogP contribution in [0.25, 0.3) is 0 Å². The minimum atomic E-state index is -0.667. The smallest absolute Gasteiger partial charge is 0.378 e. The average Bonchev–Trinajstić information content (AvgIpc) is 2.76. The van der Waals surface area contributed by atoms with Crippen molar-refractivity contribution in [1.29, 1.82) is 0 Å². The lowest BCUT2D eigenvalue weighted by atomic mass is 10.3. The molecule has 1 amide bonds. The summed E-state index contributed by atoms with van der Waals surface area (Å²) in [5, 5.41) is 12.9. The molecule has 88 valence electrons. The van der Waals surface area contributed by atoms with Crippen LogP contribution < -0.4 is 5.32 Å². The third-order valence-electron chi connectivity index (χ3n) is 1.94. The molecule has 1 heterocycles. The van der Waals surface area contributed by atoms with Crippen LogP contribution in [-0.4, -0.2) is 45.7 Å². The van der Waals surface area contributed by atoms with Gasteiger partial charge in [0.25, 0.3) is 5.82 Å². The van der Waals surface area contributed by atoms with Gasteiger partial charge in [0.05, 0.1) is 6.61 Å². The molecule has 1 aromatic rings. The van der Waals surface area contributed by atoms with Crippen LogP contribution in [-0.2, 0) is 9.53 Å². The molecule has 1 aromatic heterocycles. The second kappa shape index (κ2) is 5.19. The maximum atomic E-state index is 11.4. The van der Waals surface area contributed by atoms with Gasteiger partial charge in [0.15, 0.2) is 0 Å². The van der Waals surface area contributed by atoms with Gasteiger partial charge in [-0.1, -0.05) is 0 Å². The normalized spacial score (nSPS) is 11.9. The van der Waals surface area contributed by atoms with E-state index in [0.29, 0.717) is 0 Å². The number of likely N-dealkylation sites (N-methyl/N-ethyl adjacent to an activating group) is 1. The summed E-state index contributed by atoms with van der Waals surface area (Å²) < 4.78 is 5.88. The SMILES string of the molecule is CCOC(=O)c1nnnn1C(C)C(=O)NC. The molecule has 0 aromatic carbocycles. The zero-order chi connectivity index (χ0) is 12.1. The molecule has 0 saturated carbocycles. The lowest BCUT2D eigenvalue weighted by Gasteiger charge is -2.10. The van der Waals surface area contributed by atoms with Crippen LogP contribution in [0.3, 0.4) is 0 Å². The van der Waals surface area contributed by atoms with E-state index < -0.39 is 12.0 Å². The van der Waals surface area contributed by atoms with E-state index in [4.69, 9.17) is 4.74 Å². The molecule has 0 aliphatic heterocycles. The molecule has 0 saturated heterocycles. The van der Waals surface area contributed by atoms with Crippen LogP contribution in [0.1, 0.15) is 30.5 Å². The number of hydrogen-bond donors (Lipinski definition) is 1. The highest BCUT2D eigenvalue weighted by molar-refractivity contribution is 5.86. The molecule has 0 aliphatic rings. The number of carbonyl (C=O) groups is 2. The number of esters is 1. The predicted octanol–water partition coefficient (Wildman–Crippen LogP) is -0.843. The third-order valence-corrected chi connectivity index (χ3v) is 1.94. The van der Waals surface area contributed by atoms with E-state index in [1.165, 1.54) is 7.05 Å². The quantitative estimate of drug-likeness (QED) is 0.673. The van der Waals surface area contributed by atoms with Gasteiger partial charge < -0.3 is 10.1 Å². The van der Waals surface area contributed by atoms with Gasteiger partial charge in [-0.15, -0.1) is 5.10 Å². The van der Waals surface area contributed by atoms with Crippen LogP contribution >= 0.6 is 0 Å². The van der Waals surface area contributed by atoms with Gasteiger partial charge in [-0.3, -0.25) is 4.79 Å². The van der Waals surface area contributed by atoms with Crippen LogP contribution in [0, 0.1) is 0 Å². The highest BCUT2D eigenvalue weighted by Crippen LogP contribution is 2.06. The molecule has 1 unspecified atom stereocenters. The Balaban J connectivity index is 2.93. The van der Waals surface area contributed by atoms with Crippen molar-refractivity contribution in [3.63, 3.8) is 0 Å². The summed E-state index contributed by atoms with van der Waals surface area (Å²) in [5.74, 6) is -1.03. The molecule has 16 heavy (non-hydrogen) atoms. The molecule has 0 radical (unpaired) electrons. The van der Waals surface area contributed by atoms with Gasteiger partial charge >= 0.3 is 5.97 Å². The fourth-order valence-electron chi connectivity index (χ4n) is 1.10. The van der Waals surface area contributed by atoms with Crippen molar-refractivity contribution >= 4 is 11.9 Å². The van der Waals surface area contributed by atoms with E-state index in [1.54, 1.807) is 13.8 Å². The summed E-state index contributed by atoms with van der Waals surface area (Å²) in [4.78, 5) is 22.8. The van der Waals surface area contributed by atoms with Crippen LogP contribution in [0.4, 0.5) is 0 Å². The van der Waals surface area contributed by atoms with Gasteiger partial charge in [0.1, 0.15) is 6.04 Å². The Labute approximate surface area is 92.0 Å². The van der Waals surface area contributed by atoms with Crippen molar-refractivity contribution in [2.75, 3.05) is 13.7 Å². The molecule has 0 spiro atoms. The van der Waals surface area contributed by atoms with Crippen molar-refractivity contribution in [1.82, 2.24) is 25.5 Å². The summed E-state index contributed by atoms with van der Waals surface area (Å²) in [6.45, 7) is 3.48. The maximum absolute atomic E-state index is 11.4. The Morgan fingerprint density at radius 2 is 2.25 bits per heavy atom. The number of tetrazole rings is 1. The summed E-state index contributed by atoms with van der Waals surface area (Å²) in [7, 11) is 1.49. The molecular formula is C8H13N5O3. The molecular weight excluding hydrogens is 214 g/mol. The number of hydrogen-bond acceptors (Lipinski definition) is 6. The number of carbonyl (C=O) groups excluding carboxylic acids is 2. The van der Waals surface area contributed by atoms with E-state index >= 15 is 0 Å². The minimum Gasteiger partial charge on any atom is -0.460 e. The van der Waals surface area contributed by atoms with Crippen molar-refractivity contribution in [2.24, 2.45) is 0 Å². The van der Waals surface area contributed by atoms with Crippen LogP contribution in [0.5, 0.6) is 0 Å². The second-order valence-electron chi connectivity index (χ2n) is 2.96. The second-order valence-corrected chi connectivity index (χ2v) is 2.96. The highest BCUT2D eigenvalue weighted by atomic mass is 16.5. The Hall–Kier alpha value is -1.99. The van der Waals surface area contributed by atoms with E-state index in [9.17, 15) is 9.59 Å². The Morgan fingerprint density at radius 1 is 1.56 bits per heavy atom. The molecule has 1 N–H and O–H groups in total. The topological polar surface area (TPSA) is 99.0 Å². The maximum Gasteiger partial charge on any atom is 0.378 e. The predicted molar refractivity (Wildman–Crippen MR) is 52.6 cm³/mol. The number of amides is 1. The Morgan fingerprint density at radius 3 is 2.81 bits per heavy atom. The first-order valence-electron chi connectivity index (χ1n) is 4.78. The van der Waals surface area contributed by atoms with Crippen LogP contribution in [0.15, 0.2) is 0 Å². The lowest BCUT2D eigenvalue weighted by molar-refractivity contribution is -0.123. The van der Waals surface area contributed by atoms with E-state index in [0.717, 1.165) is 4.68 Å². The van der Waals surface area contributed by atoms with Crippen molar-refractivity contribution in [2.45, 2.75) is 19.9 Å². The molecule has 0 aliphatic carbocycles. The van der Waals surface area contributed by atoms with Gasteiger partial charge in [-0.05, 0) is 24.3 Å². The Bertz CT molecular complexity index is 389. The summed E-state index contributed by atoms with van der Waals surface area (Å²) >= 11 is 0. The van der Waals surface area contributed by atoms with Gasteiger partial charge in [0.2, 0.25) is 5.91 Å². The first-order chi connectivity index (χ1) is 7.61. The zero-order valence-electron chi connectivity index (χ0n) is 9.30. The van der Waals surface area contributed by atoms with Gasteiger partial charge in [-0.2, -0.15) is 0 Å². The monoisotopic (exact) mass is 227 g/mol. The fraction of sp³-hybridized carbons (Fsp3) is 0.625. The minimum absolute atomic E-state index is 0.0852. The van der Waals surface area contributed by atoms with Gasteiger partial charge in [-0.25, -0.2) is 9.48 Å². The number of ether oxygens (including phenoxy) is 1.